The van der Waals surface area contributed by atoms with Gasteiger partial charge in [-0.3, -0.25) is 19.8 Å². The molecule has 2 aromatic rings. The lowest BCUT2D eigenvalue weighted by Gasteiger charge is -2.43. The van der Waals surface area contributed by atoms with E-state index < -0.39 is 10.8 Å². The molecule has 0 radical (unpaired) electrons. The maximum Gasteiger partial charge on any atom is 0.269 e. The molecule has 7 nitrogen and oxygen atoms in total. The van der Waals surface area contributed by atoms with Crippen molar-refractivity contribution in [3.8, 4) is 6.07 Å². The van der Waals surface area contributed by atoms with Crippen LogP contribution < -0.4 is 10.6 Å². The number of nitro groups is 1. The predicted octanol–water partition coefficient (Wildman–Crippen LogP) is 5.36. The zero-order valence-corrected chi connectivity index (χ0v) is 19.3. The van der Waals surface area contributed by atoms with Crippen LogP contribution in [0, 0.1) is 26.9 Å². The molecule has 1 aliphatic carbocycles. The first-order chi connectivity index (χ1) is 14.6. The van der Waals surface area contributed by atoms with Gasteiger partial charge in [0.2, 0.25) is 0 Å². The number of nitriles is 1. The van der Waals surface area contributed by atoms with Gasteiger partial charge in [-0.15, -0.1) is 11.3 Å². The molecule has 9 heteroatoms. The van der Waals surface area contributed by atoms with Crippen LogP contribution in [0.2, 0.25) is 0 Å². The van der Waals surface area contributed by atoms with Crippen molar-refractivity contribution >= 4 is 44.4 Å². The minimum Gasteiger partial charge on any atom is -0.384 e. The van der Waals surface area contributed by atoms with Crippen molar-refractivity contribution < 1.29 is 9.72 Å². The molecule has 0 saturated carbocycles. The number of carbonyl (C=O) groups excluding carboxylic acids is 1. The number of benzene rings is 1. The molecule has 1 unspecified atom stereocenters. The number of carbonyl (C=O) groups is 1. The van der Waals surface area contributed by atoms with Gasteiger partial charge in [-0.25, -0.2) is 0 Å². The molecule has 1 aliphatic heterocycles. The average Bonchev–Trinajstić information content (AvgIpc) is 3.12. The molecule has 158 valence electrons. The Bertz CT molecular complexity index is 1200. The van der Waals surface area contributed by atoms with Crippen molar-refractivity contribution in [3.63, 3.8) is 0 Å². The highest BCUT2D eigenvalue weighted by Crippen LogP contribution is 2.51. The van der Waals surface area contributed by atoms with E-state index in [4.69, 9.17) is 5.73 Å². The van der Waals surface area contributed by atoms with Crippen LogP contribution in [0.5, 0.6) is 0 Å². The molecule has 0 amide bonds. The van der Waals surface area contributed by atoms with Crippen LogP contribution in [0.1, 0.15) is 37.5 Å². The van der Waals surface area contributed by atoms with Crippen molar-refractivity contribution in [1.82, 2.24) is 0 Å². The summed E-state index contributed by atoms with van der Waals surface area (Å²) in [6.07, 6.45) is 0.967. The summed E-state index contributed by atoms with van der Waals surface area (Å²) in [5, 5.41) is 23.0. The van der Waals surface area contributed by atoms with Crippen LogP contribution in [0.15, 0.2) is 62.8 Å². The standard InChI is InChI=1S/C22H19BrN4O3S/c1-22(2)8-16-20(17(28)9-22)19(18-7-12(23)11-31-18)15(10-24)21(25)26(16)13-3-5-14(6-4-13)27(29)30/h3-7,11,19H,8-9,25H2,1-2H3. The quantitative estimate of drug-likeness (QED) is 0.449. The summed E-state index contributed by atoms with van der Waals surface area (Å²) in [6.45, 7) is 4.05. The van der Waals surface area contributed by atoms with Crippen molar-refractivity contribution in [3.05, 3.63) is 77.8 Å². The fraction of sp³-hybridized carbons (Fsp3) is 0.273. The average molecular weight is 499 g/mol. The third kappa shape index (κ3) is 3.66. The van der Waals surface area contributed by atoms with Crippen LogP contribution in [-0.2, 0) is 4.79 Å². The number of hydrogen-bond donors (Lipinski definition) is 1. The second-order valence-corrected chi connectivity index (χ2v) is 10.3. The molecule has 2 aliphatic rings. The van der Waals surface area contributed by atoms with Gasteiger partial charge in [-0.1, -0.05) is 13.8 Å². The largest absolute Gasteiger partial charge is 0.384 e. The van der Waals surface area contributed by atoms with Crippen molar-refractivity contribution in [2.24, 2.45) is 11.1 Å². The number of nitrogens with zero attached hydrogens (tertiary/aromatic N) is 3. The number of nitrogens with two attached hydrogens (primary N) is 1. The third-order valence-electron chi connectivity index (χ3n) is 5.57. The summed E-state index contributed by atoms with van der Waals surface area (Å²) in [5.74, 6) is -0.280. The van der Waals surface area contributed by atoms with Gasteiger partial charge in [0.05, 0.1) is 22.5 Å². The van der Waals surface area contributed by atoms with Gasteiger partial charge in [0.1, 0.15) is 5.82 Å². The number of halogens is 1. The lowest BCUT2D eigenvalue weighted by atomic mass is 9.69. The monoisotopic (exact) mass is 498 g/mol. The van der Waals surface area contributed by atoms with Crippen LogP contribution in [0.3, 0.4) is 0 Å². The normalized spacial score (nSPS) is 20.5. The topological polar surface area (TPSA) is 113 Å². The molecule has 1 aromatic heterocycles. The number of non-ortho nitro benzene ring substituents is 1. The Morgan fingerprint density at radius 2 is 2.00 bits per heavy atom. The molecule has 2 heterocycles. The maximum atomic E-state index is 13.4. The summed E-state index contributed by atoms with van der Waals surface area (Å²) in [4.78, 5) is 26.6. The summed E-state index contributed by atoms with van der Waals surface area (Å²) in [7, 11) is 0. The lowest BCUT2D eigenvalue weighted by Crippen LogP contribution is -2.42. The van der Waals surface area contributed by atoms with Gasteiger partial charge >= 0.3 is 0 Å². The van der Waals surface area contributed by atoms with Crippen LogP contribution >= 0.6 is 27.3 Å². The van der Waals surface area contributed by atoms with Gasteiger partial charge < -0.3 is 5.73 Å². The fourth-order valence-electron chi connectivity index (χ4n) is 4.29. The molecule has 1 atom stereocenters. The summed E-state index contributed by atoms with van der Waals surface area (Å²) >= 11 is 4.93. The van der Waals surface area contributed by atoms with E-state index >= 15 is 0 Å². The highest BCUT2D eigenvalue weighted by atomic mass is 79.9. The smallest absolute Gasteiger partial charge is 0.269 e. The molecule has 0 saturated heterocycles. The molecule has 2 N–H and O–H groups in total. The zero-order valence-electron chi connectivity index (χ0n) is 16.9. The number of Topliss-reactive ketones (excluding diaryl/α,β-unsaturated/α-hetero) is 1. The Kier molecular flexibility index (Phi) is 5.23. The molecular formula is C22H19BrN4O3S. The van der Waals surface area contributed by atoms with Crippen LogP contribution in [0.25, 0.3) is 0 Å². The highest BCUT2D eigenvalue weighted by molar-refractivity contribution is 9.10. The first-order valence-electron chi connectivity index (χ1n) is 9.57. The highest BCUT2D eigenvalue weighted by Gasteiger charge is 2.45. The second kappa shape index (κ2) is 7.62. The van der Waals surface area contributed by atoms with E-state index in [2.05, 4.69) is 22.0 Å². The molecule has 0 spiro atoms. The number of hydrogen-bond acceptors (Lipinski definition) is 7. The van der Waals surface area contributed by atoms with Gasteiger partial charge in [-0.05, 0) is 46.0 Å². The summed E-state index contributed by atoms with van der Waals surface area (Å²) in [6, 6.07) is 10.1. The second-order valence-electron chi connectivity index (χ2n) is 8.42. The van der Waals surface area contributed by atoms with E-state index in [1.807, 2.05) is 25.3 Å². The Labute approximate surface area is 191 Å². The third-order valence-corrected chi connectivity index (χ3v) is 7.33. The van der Waals surface area contributed by atoms with E-state index in [1.54, 1.807) is 17.0 Å². The number of anilines is 1. The van der Waals surface area contributed by atoms with E-state index in [-0.39, 0.29) is 22.7 Å². The van der Waals surface area contributed by atoms with Crippen LogP contribution in [-0.4, -0.2) is 10.7 Å². The Morgan fingerprint density at radius 1 is 1.32 bits per heavy atom. The van der Waals surface area contributed by atoms with E-state index in [0.29, 0.717) is 29.7 Å². The minimum atomic E-state index is -0.519. The first-order valence-corrected chi connectivity index (χ1v) is 11.2. The molecule has 0 fully saturated rings. The Morgan fingerprint density at radius 3 is 2.55 bits per heavy atom. The van der Waals surface area contributed by atoms with E-state index in [1.165, 1.54) is 23.5 Å². The SMILES string of the molecule is CC1(C)CC(=O)C2=C(C1)N(c1ccc([N+](=O)[O-])cc1)C(N)=C(C#N)C2c1cc(Br)cs1. The van der Waals surface area contributed by atoms with Crippen LogP contribution in [0.4, 0.5) is 11.4 Å². The van der Waals surface area contributed by atoms with Gasteiger partial charge in [-0.2, -0.15) is 5.26 Å². The molecular weight excluding hydrogens is 480 g/mol. The van der Waals surface area contributed by atoms with Gasteiger partial charge in [0.25, 0.3) is 5.69 Å². The Balaban J connectivity index is 1.96. The van der Waals surface area contributed by atoms with Gasteiger partial charge in [0.15, 0.2) is 5.78 Å². The summed E-state index contributed by atoms with van der Waals surface area (Å²) in [5.41, 5.74) is 8.44. The first kappa shape index (κ1) is 21.3. The maximum absolute atomic E-state index is 13.4. The minimum absolute atomic E-state index is 0.00654. The molecule has 31 heavy (non-hydrogen) atoms. The number of nitro benzene ring substituents is 1. The molecule has 4 rings (SSSR count). The number of rotatable bonds is 3. The van der Waals surface area contributed by atoms with Crippen molar-refractivity contribution in [1.29, 1.82) is 5.26 Å². The lowest BCUT2D eigenvalue weighted by molar-refractivity contribution is -0.384. The Hall–Kier alpha value is -2.96. The zero-order chi connectivity index (χ0) is 22.5. The van der Waals surface area contributed by atoms with Gasteiger partial charge in [0, 0.05) is 50.2 Å². The predicted molar refractivity (Wildman–Crippen MR) is 122 cm³/mol. The molecule has 1 aromatic carbocycles. The fourth-order valence-corrected chi connectivity index (χ4v) is 5.85. The number of thiophene rings is 1. The molecule has 0 bridgehead atoms. The number of allylic oxidation sites excluding steroid dienone is 3. The van der Waals surface area contributed by atoms with Crippen molar-refractivity contribution in [2.45, 2.75) is 32.6 Å². The van der Waals surface area contributed by atoms with E-state index in [9.17, 15) is 20.2 Å². The number of ketones is 1. The van der Waals surface area contributed by atoms with Crippen molar-refractivity contribution in [2.75, 3.05) is 4.90 Å². The van der Waals surface area contributed by atoms with E-state index in [0.717, 1.165) is 15.0 Å². The summed E-state index contributed by atoms with van der Waals surface area (Å²) < 4.78 is 0.881.